The Hall–Kier alpha value is -3.82. The molecule has 0 saturated heterocycles. The Morgan fingerprint density at radius 1 is 1.06 bits per heavy atom. The first kappa shape index (κ1) is 25.3. The first-order chi connectivity index (χ1) is 17.5. The molecule has 0 spiro atoms. The molecule has 0 aliphatic heterocycles. The van der Waals surface area contributed by atoms with Crippen LogP contribution in [0.1, 0.15) is 16.8 Å². The second-order valence-electron chi connectivity index (χ2n) is 7.40. The normalized spacial score (nSPS) is 11.0. The van der Waals surface area contributed by atoms with E-state index in [0.29, 0.717) is 22.2 Å². The van der Waals surface area contributed by atoms with Gasteiger partial charge < -0.3 is 0 Å². The zero-order valence-corrected chi connectivity index (χ0v) is 21.7. The van der Waals surface area contributed by atoms with Crippen LogP contribution in [0.2, 0.25) is 0 Å². The summed E-state index contributed by atoms with van der Waals surface area (Å²) >= 11 is 4.69. The van der Waals surface area contributed by atoms with Crippen molar-refractivity contribution in [1.82, 2.24) is 14.5 Å². The average molecular weight is 562 g/mol. The minimum atomic E-state index is -0.475. The van der Waals surface area contributed by atoms with Gasteiger partial charge in [0.15, 0.2) is 5.82 Å². The lowest BCUT2D eigenvalue weighted by Gasteiger charge is -2.16. The zero-order valence-electron chi connectivity index (χ0n) is 19.3. The lowest BCUT2D eigenvalue weighted by Crippen LogP contribution is -2.26. The van der Waals surface area contributed by atoms with Gasteiger partial charge in [0, 0.05) is 4.47 Å². The van der Waals surface area contributed by atoms with Gasteiger partial charge in [-0.25, -0.2) is 14.4 Å². The maximum absolute atomic E-state index is 14.8. The van der Waals surface area contributed by atoms with E-state index >= 15 is 0 Å². The molecule has 0 aliphatic carbocycles. The van der Waals surface area contributed by atoms with Crippen LogP contribution in [-0.4, -0.2) is 27.0 Å². The highest BCUT2D eigenvalue weighted by Crippen LogP contribution is 2.26. The van der Waals surface area contributed by atoms with E-state index in [9.17, 15) is 9.18 Å². The molecule has 4 rings (SSSR count). The van der Waals surface area contributed by atoms with Crippen LogP contribution < -0.4 is 11.0 Å². The number of nitrogens with zero attached hydrogens (tertiary/aromatic N) is 4. The fraction of sp³-hybridized carbons (Fsp3) is 0.0370. The predicted octanol–water partition coefficient (Wildman–Crippen LogP) is 6.65. The van der Waals surface area contributed by atoms with Crippen LogP contribution in [-0.2, 0) is 0 Å². The van der Waals surface area contributed by atoms with Crippen LogP contribution in [0.15, 0.2) is 93.2 Å². The molecule has 36 heavy (non-hydrogen) atoms. The second kappa shape index (κ2) is 11.3. The van der Waals surface area contributed by atoms with Crippen molar-refractivity contribution >= 4 is 51.9 Å². The van der Waals surface area contributed by atoms with Crippen LogP contribution in [0.25, 0.3) is 29.2 Å². The van der Waals surface area contributed by atoms with E-state index in [1.165, 1.54) is 28.6 Å². The molecular formula is C27H21BrFN5OS. The van der Waals surface area contributed by atoms with Gasteiger partial charge in [-0.2, -0.15) is 5.10 Å². The number of nitrogens with one attached hydrogen (secondary N) is 1. The molecule has 9 heteroatoms. The van der Waals surface area contributed by atoms with Crippen molar-refractivity contribution in [2.45, 2.75) is 5.03 Å². The third-order valence-corrected chi connectivity index (χ3v) is 6.45. The number of aromatic nitrogens is 3. The van der Waals surface area contributed by atoms with Gasteiger partial charge in [-0.05, 0) is 66.4 Å². The number of pyridine rings is 1. The molecule has 0 aliphatic rings. The number of anilines is 1. The Balaban J connectivity index is 1.84. The average Bonchev–Trinajstić information content (AvgIpc) is 2.90. The molecule has 1 N–H and O–H groups in total. The van der Waals surface area contributed by atoms with Crippen LogP contribution >= 0.6 is 27.7 Å². The number of hydrazone groups is 1. The third kappa shape index (κ3) is 5.22. The maximum atomic E-state index is 14.8. The molecule has 180 valence electrons. The lowest BCUT2D eigenvalue weighted by atomic mass is 10.1. The zero-order chi connectivity index (χ0) is 25.7. The van der Waals surface area contributed by atoms with Gasteiger partial charge in [0.1, 0.15) is 16.7 Å². The van der Waals surface area contributed by atoms with E-state index in [4.69, 9.17) is 0 Å². The van der Waals surface area contributed by atoms with Crippen LogP contribution in [0.4, 0.5) is 10.2 Å². The summed E-state index contributed by atoms with van der Waals surface area (Å²) in [5.41, 5.74) is 4.97. The summed E-state index contributed by atoms with van der Waals surface area (Å²) in [5, 5.41) is 4.65. The van der Waals surface area contributed by atoms with Gasteiger partial charge in [0.05, 0.1) is 28.7 Å². The molecule has 0 atom stereocenters. The first-order valence-electron chi connectivity index (χ1n) is 10.7. The highest BCUT2D eigenvalue weighted by molar-refractivity contribution is 9.10. The number of hydrogen-bond donors (Lipinski definition) is 1. The van der Waals surface area contributed by atoms with Crippen molar-refractivity contribution < 1.29 is 4.39 Å². The first-order valence-corrected chi connectivity index (χ1v) is 12.8. The highest BCUT2D eigenvalue weighted by Gasteiger charge is 2.20. The Morgan fingerprint density at radius 2 is 1.81 bits per heavy atom. The molecule has 0 unspecified atom stereocenters. The van der Waals surface area contributed by atoms with Crippen molar-refractivity contribution in [3.63, 3.8) is 0 Å². The van der Waals surface area contributed by atoms with Gasteiger partial charge >= 0.3 is 0 Å². The van der Waals surface area contributed by atoms with Crippen LogP contribution in [0.5, 0.6) is 0 Å². The summed E-state index contributed by atoms with van der Waals surface area (Å²) in [6.07, 6.45) is 6.51. The molecule has 2 aromatic carbocycles. The van der Waals surface area contributed by atoms with E-state index in [0.717, 1.165) is 10.0 Å². The largest absolute Gasteiger partial charge is 0.268 e. The van der Waals surface area contributed by atoms with Crippen LogP contribution in [0, 0.1) is 5.82 Å². The van der Waals surface area contributed by atoms with Gasteiger partial charge in [-0.3, -0.25) is 14.8 Å². The standard InChI is InChI=1S/C27H21BrFN5OS/c1-4-17-10-15-24(31-23(17)5-2)33-30-16-21-26(36-3)32-25(20-8-6-7-9-22(20)29)34(27(21)35)19-13-11-18(28)12-14-19/h4-16H,1-2H2,3H3,(H,31,33)/b30-16+. The van der Waals surface area contributed by atoms with Gasteiger partial charge in [-0.1, -0.05) is 47.3 Å². The molecule has 6 nitrogen and oxygen atoms in total. The monoisotopic (exact) mass is 561 g/mol. The summed E-state index contributed by atoms with van der Waals surface area (Å²) in [7, 11) is 0. The van der Waals surface area contributed by atoms with Crippen molar-refractivity contribution in [2.75, 3.05) is 11.7 Å². The SMILES string of the molecule is C=Cc1ccc(N/N=C/c2c(SC)nc(-c3ccccc3F)n(-c3ccc(Br)cc3)c2=O)nc1C=C. The molecule has 4 aromatic rings. The minimum absolute atomic E-state index is 0.201. The maximum Gasteiger partial charge on any atom is 0.268 e. The fourth-order valence-corrected chi connectivity index (χ4v) is 4.28. The van der Waals surface area contributed by atoms with E-state index in [1.807, 2.05) is 6.07 Å². The number of thioether (sulfide) groups is 1. The smallest absolute Gasteiger partial charge is 0.268 e. The summed E-state index contributed by atoms with van der Waals surface area (Å²) < 4.78 is 17.0. The number of rotatable bonds is 8. The summed E-state index contributed by atoms with van der Waals surface area (Å²) in [6.45, 7) is 7.53. The van der Waals surface area contributed by atoms with Gasteiger partial charge in [0.25, 0.3) is 5.56 Å². The molecule has 0 saturated carbocycles. The van der Waals surface area contributed by atoms with E-state index in [2.05, 4.69) is 49.6 Å². The van der Waals surface area contributed by atoms with Crippen LogP contribution in [0.3, 0.4) is 0 Å². The Morgan fingerprint density at radius 3 is 2.47 bits per heavy atom. The third-order valence-electron chi connectivity index (χ3n) is 5.22. The Kier molecular flexibility index (Phi) is 7.92. The predicted molar refractivity (Wildman–Crippen MR) is 150 cm³/mol. The molecule has 2 aromatic heterocycles. The van der Waals surface area contributed by atoms with Crippen molar-refractivity contribution in [3.8, 4) is 17.1 Å². The Labute approximate surface area is 220 Å². The topological polar surface area (TPSA) is 72.2 Å². The number of hydrogen-bond acceptors (Lipinski definition) is 6. The molecule has 2 heterocycles. The van der Waals surface area contributed by atoms with Gasteiger partial charge in [0.2, 0.25) is 0 Å². The van der Waals surface area contributed by atoms with Crippen molar-refractivity contribution in [1.29, 1.82) is 0 Å². The van der Waals surface area contributed by atoms with Crippen molar-refractivity contribution in [3.05, 3.63) is 111 Å². The molecule has 0 fully saturated rings. The fourth-order valence-electron chi connectivity index (χ4n) is 3.48. The number of halogens is 2. The molecule has 0 bridgehead atoms. The van der Waals surface area contributed by atoms with Gasteiger partial charge in [-0.15, -0.1) is 11.8 Å². The van der Waals surface area contributed by atoms with Crippen molar-refractivity contribution in [2.24, 2.45) is 5.10 Å². The van der Waals surface area contributed by atoms with E-state index < -0.39 is 5.82 Å². The quantitative estimate of drug-likeness (QED) is 0.113. The molecule has 0 amide bonds. The van der Waals surface area contributed by atoms with E-state index in [-0.39, 0.29) is 22.5 Å². The summed E-state index contributed by atoms with van der Waals surface area (Å²) in [4.78, 5) is 22.9. The van der Waals surface area contributed by atoms with E-state index in [1.54, 1.807) is 66.9 Å². The minimum Gasteiger partial charge on any atom is -0.268 e. The number of benzene rings is 2. The Bertz CT molecular complexity index is 1530. The molecular weight excluding hydrogens is 541 g/mol. The molecule has 0 radical (unpaired) electrons. The summed E-state index contributed by atoms with van der Waals surface area (Å²) in [5.74, 6) is 0.200. The lowest BCUT2D eigenvalue weighted by molar-refractivity contribution is 0.628. The second-order valence-corrected chi connectivity index (χ2v) is 9.12. The highest BCUT2D eigenvalue weighted by atomic mass is 79.9. The summed E-state index contributed by atoms with van der Waals surface area (Å²) in [6, 6.07) is 17.0.